The van der Waals surface area contributed by atoms with E-state index in [-0.39, 0.29) is 38.3 Å². The fourth-order valence-electron chi connectivity index (χ4n) is 9.70. The highest BCUT2D eigenvalue weighted by Gasteiger charge is 2.51. The van der Waals surface area contributed by atoms with Gasteiger partial charge in [0.05, 0.1) is 6.04 Å². The fourth-order valence-corrected chi connectivity index (χ4v) is 9.70. The summed E-state index contributed by atoms with van der Waals surface area (Å²) in [6.07, 6.45) is 3.41. The number of aryl methyl sites for hydroxylation is 1. The van der Waals surface area contributed by atoms with Crippen LogP contribution >= 0.6 is 0 Å². The predicted octanol–water partition coefficient (Wildman–Crippen LogP) is 4.89. The Labute approximate surface area is 421 Å². The number of carbonyl (C=O) groups excluding carboxylic acids is 7. The highest BCUT2D eigenvalue weighted by atomic mass is 16.6. The number of hydrogen-bond acceptors (Lipinski definition) is 10. The summed E-state index contributed by atoms with van der Waals surface area (Å²) in [5.74, 6) is -7.05. The SMILES string of the molecule is C/C=C\[C@H]1C[C@H]2C(=O)N(C)[C@H](C)[C@@H](NC(=O)OCc3ccc(C)cc3)C(=O)N[C@@H]([C@H](C)c3ccccc3)C(=O)N[C@H](C[C@H]3C[C@@H]3[N+](=O)[O-])C(=O)N[C@@H]([C@H](C)c3ccccc3)C(=O)N[C@@H]([C@@H](C)CC)C(=O)N2C1. The van der Waals surface area contributed by atoms with Gasteiger partial charge in [-0.05, 0) is 62.1 Å². The number of likely N-dealkylation sites (N-methyl/N-ethyl adjacent to an activating group) is 1. The normalized spacial score (nSPS) is 27.9. The fraction of sp³-hybridized carbons (Fsp3) is 0.500. The molecule has 6 rings (SSSR count). The second kappa shape index (κ2) is 24.3. The molecule has 3 aromatic rings. The smallest absolute Gasteiger partial charge is 0.408 e. The van der Waals surface area contributed by atoms with E-state index in [1.165, 1.54) is 16.8 Å². The van der Waals surface area contributed by atoms with Gasteiger partial charge < -0.3 is 41.1 Å². The molecule has 0 spiro atoms. The Balaban J connectivity index is 1.47. The first kappa shape index (κ1) is 54.2. The Morgan fingerprint density at radius 2 is 1.35 bits per heavy atom. The summed E-state index contributed by atoms with van der Waals surface area (Å²) in [7, 11) is 1.47. The molecule has 3 fully saturated rings. The quantitative estimate of drug-likeness (QED) is 0.0883. The molecule has 0 aromatic heterocycles. The Morgan fingerprint density at radius 1 is 0.792 bits per heavy atom. The largest absolute Gasteiger partial charge is 0.445 e. The zero-order valence-electron chi connectivity index (χ0n) is 42.4. The van der Waals surface area contributed by atoms with Crippen LogP contribution in [0.5, 0.6) is 0 Å². The van der Waals surface area contributed by atoms with Gasteiger partial charge in [-0.3, -0.25) is 38.9 Å². The average molecular weight is 991 g/mol. The molecule has 1 aliphatic carbocycles. The van der Waals surface area contributed by atoms with E-state index in [4.69, 9.17) is 4.74 Å². The third-order valence-electron chi connectivity index (χ3n) is 14.8. The summed E-state index contributed by atoms with van der Waals surface area (Å²) in [5.41, 5.74) is 2.98. The van der Waals surface area contributed by atoms with Crippen LogP contribution in [0.3, 0.4) is 0 Å². The molecule has 7 amide bonds. The van der Waals surface area contributed by atoms with Crippen LogP contribution < -0.4 is 26.6 Å². The number of alkyl carbamates (subject to hydrolysis) is 1. The van der Waals surface area contributed by atoms with Crippen molar-refractivity contribution in [3.8, 4) is 0 Å². The van der Waals surface area contributed by atoms with Crippen LogP contribution in [-0.4, -0.2) is 118 Å². The predicted molar refractivity (Wildman–Crippen MR) is 269 cm³/mol. The molecule has 2 saturated heterocycles. The number of carbonyl (C=O) groups is 7. The van der Waals surface area contributed by atoms with Crippen molar-refractivity contribution < 1.29 is 43.2 Å². The molecule has 5 N–H and O–H groups in total. The molecular weight excluding hydrogens is 921 g/mol. The maximum absolute atomic E-state index is 15.1. The summed E-state index contributed by atoms with van der Waals surface area (Å²) in [6, 6.07) is 15.0. The Kier molecular flexibility index (Phi) is 18.3. The van der Waals surface area contributed by atoms with Crippen molar-refractivity contribution in [3.63, 3.8) is 0 Å². The topological polar surface area (TPSA) is 238 Å². The number of benzene rings is 3. The van der Waals surface area contributed by atoms with Crippen LogP contribution in [-0.2, 0) is 40.1 Å². The van der Waals surface area contributed by atoms with Crippen molar-refractivity contribution in [2.75, 3.05) is 13.6 Å². The van der Waals surface area contributed by atoms with Crippen molar-refractivity contribution in [2.45, 2.75) is 141 Å². The van der Waals surface area contributed by atoms with Gasteiger partial charge in [-0.2, -0.15) is 0 Å². The van der Waals surface area contributed by atoms with E-state index in [1.54, 1.807) is 93.6 Å². The minimum absolute atomic E-state index is 0.138. The van der Waals surface area contributed by atoms with E-state index < -0.39 is 118 Å². The Bertz CT molecular complexity index is 2460. The van der Waals surface area contributed by atoms with Crippen LogP contribution in [0.2, 0.25) is 0 Å². The van der Waals surface area contributed by atoms with Crippen LogP contribution in [0.25, 0.3) is 0 Å². The van der Waals surface area contributed by atoms with Crippen molar-refractivity contribution in [3.05, 3.63) is 129 Å². The molecule has 72 heavy (non-hydrogen) atoms. The molecule has 2 aliphatic heterocycles. The molecule has 1 saturated carbocycles. The number of rotatable bonds is 13. The minimum atomic E-state index is -1.56. The highest BCUT2D eigenvalue weighted by molar-refractivity contribution is 5.98. The summed E-state index contributed by atoms with van der Waals surface area (Å²) in [4.78, 5) is 118. The number of nitro groups is 1. The second-order valence-electron chi connectivity index (χ2n) is 19.8. The summed E-state index contributed by atoms with van der Waals surface area (Å²) >= 11 is 0. The van der Waals surface area contributed by atoms with Crippen LogP contribution in [0.4, 0.5) is 4.79 Å². The number of ether oxygens (including phenoxy) is 1. The number of nitrogens with one attached hydrogen (secondary N) is 5. The van der Waals surface area contributed by atoms with Gasteiger partial charge in [0.1, 0.15) is 42.9 Å². The van der Waals surface area contributed by atoms with Gasteiger partial charge >= 0.3 is 6.09 Å². The summed E-state index contributed by atoms with van der Waals surface area (Å²) in [6.45, 7) is 12.4. The monoisotopic (exact) mass is 991 g/mol. The first-order valence-electron chi connectivity index (χ1n) is 25.0. The van der Waals surface area contributed by atoms with Crippen LogP contribution in [0.15, 0.2) is 97.1 Å². The summed E-state index contributed by atoms with van der Waals surface area (Å²) < 4.78 is 5.60. The van der Waals surface area contributed by atoms with E-state index >= 15 is 4.79 Å². The lowest BCUT2D eigenvalue weighted by Crippen LogP contribution is -2.63. The second-order valence-corrected chi connectivity index (χ2v) is 19.8. The first-order valence-corrected chi connectivity index (χ1v) is 25.0. The average Bonchev–Trinajstić information content (AvgIpc) is 4.04. The Morgan fingerprint density at radius 3 is 1.89 bits per heavy atom. The molecule has 2 heterocycles. The maximum Gasteiger partial charge on any atom is 0.408 e. The molecule has 18 nitrogen and oxygen atoms in total. The number of hydrogen-bond donors (Lipinski definition) is 5. The summed E-state index contributed by atoms with van der Waals surface area (Å²) in [5, 5.41) is 26.0. The molecule has 3 aromatic carbocycles. The first-order chi connectivity index (χ1) is 34.3. The Hall–Kier alpha value is -7.11. The van der Waals surface area contributed by atoms with Crippen LogP contribution in [0, 0.1) is 34.8 Å². The van der Waals surface area contributed by atoms with Crippen LogP contribution in [0.1, 0.15) is 101 Å². The molecule has 3 aliphatic rings. The molecular formula is C54H70N8O10. The van der Waals surface area contributed by atoms with Gasteiger partial charge in [0.2, 0.25) is 41.5 Å². The van der Waals surface area contributed by atoms with Gasteiger partial charge in [-0.15, -0.1) is 0 Å². The van der Waals surface area contributed by atoms with E-state index in [0.29, 0.717) is 23.1 Å². The van der Waals surface area contributed by atoms with E-state index in [1.807, 2.05) is 52.0 Å². The molecule has 0 radical (unpaired) electrons. The molecule has 0 unspecified atom stereocenters. The third-order valence-corrected chi connectivity index (χ3v) is 14.8. The highest BCUT2D eigenvalue weighted by Crippen LogP contribution is 2.37. The molecule has 13 atom stereocenters. The number of fused-ring (bicyclic) bond motifs is 1. The van der Waals surface area contributed by atoms with Crippen molar-refractivity contribution in [2.24, 2.45) is 17.8 Å². The zero-order chi connectivity index (χ0) is 52.4. The number of nitrogens with zero attached hydrogens (tertiary/aromatic N) is 3. The third kappa shape index (κ3) is 13.2. The minimum Gasteiger partial charge on any atom is -0.445 e. The van der Waals surface area contributed by atoms with Crippen molar-refractivity contribution >= 4 is 41.5 Å². The van der Waals surface area contributed by atoms with E-state index in [2.05, 4.69) is 26.6 Å². The standard InChI is InChI=1S/C54H70N8O10/c1-9-17-37-26-43-52(67)60(8)35(7)47(59-54(69)72-30-36-24-22-31(3)23-25-36)51(66)58-45(33(5)38-18-13-11-14-19-38)49(64)55-41(27-40-28-42(40)62(70)71)48(63)57-46(34(6)39-20-15-12-16-21-39)50(65)56-44(32(4)10-2)53(68)61(43)29-37/h9,11-25,32-35,37,40-47H,10,26-30H2,1-8H3,(H,55,64)(H,56,65)(H,57,63)(H,58,66)(H,59,69)/b17-9-/t32-,33+,34+,35+,37-,40-,41+,42-,43-,44-,45-,46-,47+/m0/s1. The maximum atomic E-state index is 15.1. The zero-order valence-corrected chi connectivity index (χ0v) is 42.4. The van der Waals surface area contributed by atoms with Gasteiger partial charge in [0.25, 0.3) is 0 Å². The van der Waals surface area contributed by atoms with Crippen molar-refractivity contribution in [1.82, 2.24) is 36.4 Å². The lowest BCUT2D eigenvalue weighted by atomic mass is 9.90. The molecule has 386 valence electrons. The van der Waals surface area contributed by atoms with E-state index in [9.17, 15) is 38.9 Å². The van der Waals surface area contributed by atoms with Crippen molar-refractivity contribution in [1.29, 1.82) is 0 Å². The number of allylic oxidation sites excluding steroid dienone is 1. The molecule has 0 bridgehead atoms. The number of amides is 7. The van der Waals surface area contributed by atoms with Gasteiger partial charge in [0, 0.05) is 42.7 Å². The van der Waals surface area contributed by atoms with E-state index in [0.717, 1.165) is 5.56 Å². The lowest BCUT2D eigenvalue weighted by molar-refractivity contribution is -0.498. The lowest BCUT2D eigenvalue weighted by Gasteiger charge is -2.37. The molecule has 18 heteroatoms. The van der Waals surface area contributed by atoms with Gasteiger partial charge in [0.15, 0.2) is 0 Å². The van der Waals surface area contributed by atoms with Gasteiger partial charge in [-0.1, -0.05) is 137 Å². The van der Waals surface area contributed by atoms with Gasteiger partial charge in [-0.25, -0.2) is 4.79 Å².